The van der Waals surface area contributed by atoms with Crippen molar-refractivity contribution in [2.24, 2.45) is 0 Å². The summed E-state index contributed by atoms with van der Waals surface area (Å²) in [6, 6.07) is 1.96. The standard InChI is InChI=1S/C10H10Br2N4O/c1-6-15-10(16-17-6)5-13-4-9-8(12)2-7(11)3-14-9/h2-3,13H,4-5H2,1H3. The van der Waals surface area contributed by atoms with E-state index in [1.807, 2.05) is 6.07 Å². The summed E-state index contributed by atoms with van der Waals surface area (Å²) >= 11 is 6.81. The molecule has 0 unspecified atom stereocenters. The van der Waals surface area contributed by atoms with Gasteiger partial charge in [-0.25, -0.2) is 0 Å². The minimum Gasteiger partial charge on any atom is -0.340 e. The molecule has 1 N–H and O–H groups in total. The molecule has 0 saturated heterocycles. The molecule has 0 bridgehead atoms. The predicted molar refractivity (Wildman–Crippen MR) is 69.2 cm³/mol. The Kier molecular flexibility index (Phi) is 4.25. The highest BCUT2D eigenvalue weighted by molar-refractivity contribution is 9.11. The van der Waals surface area contributed by atoms with Gasteiger partial charge in [0.2, 0.25) is 5.89 Å². The van der Waals surface area contributed by atoms with Crippen LogP contribution in [-0.4, -0.2) is 15.1 Å². The van der Waals surface area contributed by atoms with Gasteiger partial charge in [0, 0.05) is 28.6 Å². The van der Waals surface area contributed by atoms with Crippen molar-refractivity contribution in [3.63, 3.8) is 0 Å². The van der Waals surface area contributed by atoms with Crippen LogP contribution in [0.3, 0.4) is 0 Å². The first-order chi connectivity index (χ1) is 8.15. The highest BCUT2D eigenvalue weighted by Gasteiger charge is 2.04. The van der Waals surface area contributed by atoms with Gasteiger partial charge in [-0.3, -0.25) is 4.98 Å². The van der Waals surface area contributed by atoms with E-state index in [1.54, 1.807) is 13.1 Å². The third kappa shape index (κ3) is 3.58. The number of rotatable bonds is 4. The minimum atomic E-state index is 0.557. The van der Waals surface area contributed by atoms with Gasteiger partial charge >= 0.3 is 0 Å². The Morgan fingerprint density at radius 3 is 2.82 bits per heavy atom. The van der Waals surface area contributed by atoms with Crippen LogP contribution < -0.4 is 5.32 Å². The van der Waals surface area contributed by atoms with Gasteiger partial charge in [-0.15, -0.1) is 0 Å². The quantitative estimate of drug-likeness (QED) is 0.906. The lowest BCUT2D eigenvalue weighted by atomic mass is 10.3. The smallest absolute Gasteiger partial charge is 0.223 e. The molecular weight excluding hydrogens is 352 g/mol. The van der Waals surface area contributed by atoms with Crippen LogP contribution in [0.2, 0.25) is 0 Å². The van der Waals surface area contributed by atoms with Gasteiger partial charge in [0.15, 0.2) is 5.82 Å². The lowest BCUT2D eigenvalue weighted by Crippen LogP contribution is -2.15. The number of pyridine rings is 1. The summed E-state index contributed by atoms with van der Waals surface area (Å²) < 4.78 is 6.78. The number of aryl methyl sites for hydroxylation is 1. The summed E-state index contributed by atoms with van der Waals surface area (Å²) in [6.07, 6.45) is 1.76. The van der Waals surface area contributed by atoms with E-state index in [2.05, 4.69) is 52.3 Å². The Labute approximate surface area is 115 Å². The van der Waals surface area contributed by atoms with E-state index in [-0.39, 0.29) is 0 Å². The topological polar surface area (TPSA) is 63.8 Å². The number of hydrogen-bond donors (Lipinski definition) is 1. The molecule has 2 aromatic rings. The lowest BCUT2D eigenvalue weighted by Gasteiger charge is -2.04. The van der Waals surface area contributed by atoms with Crippen molar-refractivity contribution >= 4 is 31.9 Å². The summed E-state index contributed by atoms with van der Waals surface area (Å²) in [6.45, 7) is 2.96. The largest absolute Gasteiger partial charge is 0.340 e. The Morgan fingerprint density at radius 1 is 1.35 bits per heavy atom. The average Bonchev–Trinajstić information content (AvgIpc) is 2.68. The van der Waals surface area contributed by atoms with Crippen LogP contribution in [0.1, 0.15) is 17.4 Å². The number of aromatic nitrogens is 3. The van der Waals surface area contributed by atoms with E-state index in [9.17, 15) is 0 Å². The number of nitrogens with one attached hydrogen (secondary N) is 1. The van der Waals surface area contributed by atoms with Gasteiger partial charge in [0.25, 0.3) is 0 Å². The zero-order valence-electron chi connectivity index (χ0n) is 9.07. The maximum atomic E-state index is 4.87. The average molecular weight is 362 g/mol. The Morgan fingerprint density at radius 2 is 2.18 bits per heavy atom. The van der Waals surface area contributed by atoms with Crippen molar-refractivity contribution in [1.29, 1.82) is 0 Å². The normalized spacial score (nSPS) is 10.8. The maximum absolute atomic E-state index is 4.87. The predicted octanol–water partition coefficient (Wildman–Crippen LogP) is 2.59. The molecular formula is C10H10Br2N4O. The van der Waals surface area contributed by atoms with E-state index < -0.39 is 0 Å². The first-order valence-electron chi connectivity index (χ1n) is 4.95. The van der Waals surface area contributed by atoms with Gasteiger partial charge in [-0.1, -0.05) is 5.16 Å². The van der Waals surface area contributed by atoms with E-state index in [0.29, 0.717) is 24.8 Å². The molecule has 0 radical (unpaired) electrons. The molecule has 90 valence electrons. The van der Waals surface area contributed by atoms with Gasteiger partial charge in [0.1, 0.15) is 0 Å². The van der Waals surface area contributed by atoms with Crippen molar-refractivity contribution in [3.8, 4) is 0 Å². The van der Waals surface area contributed by atoms with Crippen LogP contribution in [0.15, 0.2) is 25.7 Å². The molecule has 0 atom stereocenters. The molecule has 2 rings (SSSR count). The van der Waals surface area contributed by atoms with Gasteiger partial charge < -0.3 is 9.84 Å². The highest BCUT2D eigenvalue weighted by Crippen LogP contribution is 2.19. The second-order valence-electron chi connectivity index (χ2n) is 3.42. The Hall–Kier alpha value is -0.790. The van der Waals surface area contributed by atoms with E-state index >= 15 is 0 Å². The highest BCUT2D eigenvalue weighted by atomic mass is 79.9. The van der Waals surface area contributed by atoms with Crippen LogP contribution in [0.25, 0.3) is 0 Å². The van der Waals surface area contributed by atoms with Crippen molar-refractivity contribution in [3.05, 3.63) is 38.6 Å². The molecule has 0 aliphatic carbocycles. The van der Waals surface area contributed by atoms with Crippen LogP contribution in [0, 0.1) is 6.92 Å². The third-order valence-electron chi connectivity index (χ3n) is 2.03. The Bertz CT molecular complexity index is 515. The zero-order valence-corrected chi connectivity index (χ0v) is 12.2. The molecule has 0 aromatic carbocycles. The third-order valence-corrected chi connectivity index (χ3v) is 3.15. The molecule has 7 heteroatoms. The summed E-state index contributed by atoms with van der Waals surface area (Å²) in [4.78, 5) is 8.39. The second-order valence-corrected chi connectivity index (χ2v) is 5.19. The fraction of sp³-hybridized carbons (Fsp3) is 0.300. The summed E-state index contributed by atoms with van der Waals surface area (Å²) in [5.74, 6) is 1.22. The molecule has 0 aliphatic heterocycles. The zero-order chi connectivity index (χ0) is 12.3. The maximum Gasteiger partial charge on any atom is 0.223 e. The number of nitrogens with zero attached hydrogens (tertiary/aromatic N) is 3. The van der Waals surface area contributed by atoms with E-state index in [0.717, 1.165) is 14.6 Å². The van der Waals surface area contributed by atoms with Crippen molar-refractivity contribution in [1.82, 2.24) is 20.4 Å². The molecule has 2 aromatic heterocycles. The van der Waals surface area contributed by atoms with Gasteiger partial charge in [-0.05, 0) is 37.9 Å². The van der Waals surface area contributed by atoms with Crippen LogP contribution in [-0.2, 0) is 13.1 Å². The number of halogens is 2. The molecule has 0 amide bonds. The van der Waals surface area contributed by atoms with Gasteiger partial charge in [0.05, 0.1) is 12.2 Å². The molecule has 2 heterocycles. The van der Waals surface area contributed by atoms with Crippen LogP contribution >= 0.6 is 31.9 Å². The fourth-order valence-electron chi connectivity index (χ4n) is 1.28. The fourth-order valence-corrected chi connectivity index (χ4v) is 2.41. The van der Waals surface area contributed by atoms with Crippen molar-refractivity contribution < 1.29 is 4.52 Å². The van der Waals surface area contributed by atoms with Crippen molar-refractivity contribution in [2.45, 2.75) is 20.0 Å². The number of hydrogen-bond acceptors (Lipinski definition) is 5. The first kappa shape index (κ1) is 12.7. The summed E-state index contributed by atoms with van der Waals surface area (Å²) in [5, 5.41) is 6.99. The van der Waals surface area contributed by atoms with E-state index in [4.69, 9.17) is 4.52 Å². The molecule has 0 fully saturated rings. The van der Waals surface area contributed by atoms with Crippen LogP contribution in [0.4, 0.5) is 0 Å². The molecule has 5 nitrogen and oxygen atoms in total. The van der Waals surface area contributed by atoms with Gasteiger partial charge in [-0.2, -0.15) is 4.98 Å². The second kappa shape index (κ2) is 5.70. The first-order valence-corrected chi connectivity index (χ1v) is 6.53. The minimum absolute atomic E-state index is 0.557. The Balaban J connectivity index is 1.90. The van der Waals surface area contributed by atoms with E-state index in [1.165, 1.54) is 0 Å². The van der Waals surface area contributed by atoms with Crippen molar-refractivity contribution in [2.75, 3.05) is 0 Å². The molecule has 17 heavy (non-hydrogen) atoms. The monoisotopic (exact) mass is 360 g/mol. The summed E-state index contributed by atoms with van der Waals surface area (Å²) in [7, 11) is 0. The summed E-state index contributed by atoms with van der Waals surface area (Å²) in [5.41, 5.74) is 0.938. The van der Waals surface area contributed by atoms with Crippen LogP contribution in [0.5, 0.6) is 0 Å². The lowest BCUT2D eigenvalue weighted by molar-refractivity contribution is 0.385. The molecule has 0 aliphatic rings. The SMILES string of the molecule is Cc1nc(CNCc2ncc(Br)cc2Br)no1. The molecule has 0 spiro atoms. The molecule has 0 saturated carbocycles.